The van der Waals surface area contributed by atoms with Crippen LogP contribution in [0.4, 0.5) is 0 Å². The largest absolute Gasteiger partial charge is 0.473 e. The molecule has 0 fully saturated rings. The fourth-order valence-electron chi connectivity index (χ4n) is 0.357. The molecule has 0 aliphatic rings. The number of hydrogen-bond donors (Lipinski definition) is 1. The molecule has 1 unspecified atom stereocenters. The van der Waals surface area contributed by atoms with E-state index in [-0.39, 0.29) is 12.4 Å². The van der Waals surface area contributed by atoms with Gasteiger partial charge in [-0.3, -0.25) is 4.55 Å². The van der Waals surface area contributed by atoms with Crippen LogP contribution in [0.1, 0.15) is 6.92 Å². The minimum atomic E-state index is -4.07. The van der Waals surface area contributed by atoms with Gasteiger partial charge in [0.1, 0.15) is 0 Å². The maximum Gasteiger partial charge on any atom is 0.289 e. The number of hydrogen-bond acceptors (Lipinski definition) is 4. The molecule has 12 heavy (non-hydrogen) atoms. The topological polar surface area (TPSA) is 72.8 Å². The van der Waals surface area contributed by atoms with E-state index in [2.05, 4.69) is 16.1 Å². The SMILES string of the molecule is C=COC(C)OCS(=O)(=O)O.Cl. The van der Waals surface area contributed by atoms with E-state index >= 15 is 0 Å². The fraction of sp³-hybridized carbons (Fsp3) is 0.600. The molecule has 0 aromatic carbocycles. The van der Waals surface area contributed by atoms with Crippen molar-refractivity contribution >= 4 is 22.5 Å². The van der Waals surface area contributed by atoms with E-state index in [4.69, 9.17) is 4.55 Å². The molecule has 0 rings (SSSR count). The summed E-state index contributed by atoms with van der Waals surface area (Å²) < 4.78 is 37.5. The zero-order valence-corrected chi connectivity index (χ0v) is 8.10. The molecular formula is C5H11ClO5S. The molecule has 0 aromatic heterocycles. The van der Waals surface area contributed by atoms with Crippen LogP contribution in [0.5, 0.6) is 0 Å². The second-order valence-electron chi connectivity index (χ2n) is 1.74. The molecule has 74 valence electrons. The van der Waals surface area contributed by atoms with Crippen LogP contribution in [0, 0.1) is 0 Å². The molecule has 0 saturated carbocycles. The Balaban J connectivity index is 0. The summed E-state index contributed by atoms with van der Waals surface area (Å²) in [6.07, 6.45) is 0.392. The molecule has 1 atom stereocenters. The van der Waals surface area contributed by atoms with Gasteiger partial charge < -0.3 is 9.47 Å². The molecule has 0 radical (unpaired) electrons. The van der Waals surface area contributed by atoms with E-state index in [0.717, 1.165) is 6.26 Å². The van der Waals surface area contributed by atoms with Gasteiger partial charge in [0.15, 0.2) is 12.2 Å². The van der Waals surface area contributed by atoms with Crippen molar-refractivity contribution in [2.45, 2.75) is 13.2 Å². The van der Waals surface area contributed by atoms with Crippen LogP contribution in [0.2, 0.25) is 0 Å². The fourth-order valence-corrected chi connectivity index (χ4v) is 0.720. The second-order valence-corrected chi connectivity index (χ2v) is 3.14. The van der Waals surface area contributed by atoms with Crippen LogP contribution in [0.15, 0.2) is 12.8 Å². The third-order valence-electron chi connectivity index (χ3n) is 0.740. The van der Waals surface area contributed by atoms with Crippen molar-refractivity contribution in [1.29, 1.82) is 0 Å². The highest BCUT2D eigenvalue weighted by Gasteiger charge is 2.07. The summed E-state index contributed by atoms with van der Waals surface area (Å²) >= 11 is 0. The highest BCUT2D eigenvalue weighted by Crippen LogP contribution is 1.95. The molecular weight excluding hydrogens is 208 g/mol. The van der Waals surface area contributed by atoms with Gasteiger partial charge in [-0.25, -0.2) is 0 Å². The van der Waals surface area contributed by atoms with Crippen LogP contribution >= 0.6 is 12.4 Å². The Bertz CT molecular complexity index is 212. The molecule has 0 heterocycles. The summed E-state index contributed by atoms with van der Waals surface area (Å²) in [5.74, 6) is -0.776. The molecule has 0 bridgehead atoms. The van der Waals surface area contributed by atoms with E-state index in [0.29, 0.717) is 0 Å². The van der Waals surface area contributed by atoms with Gasteiger partial charge in [-0.1, -0.05) is 6.58 Å². The summed E-state index contributed by atoms with van der Waals surface area (Å²) in [6.45, 7) is 4.71. The number of rotatable bonds is 5. The van der Waals surface area contributed by atoms with Crippen molar-refractivity contribution in [2.24, 2.45) is 0 Å². The summed E-state index contributed by atoms with van der Waals surface area (Å²) in [5.41, 5.74) is 0. The lowest BCUT2D eigenvalue weighted by molar-refractivity contribution is -0.0769. The highest BCUT2D eigenvalue weighted by atomic mass is 35.5. The zero-order valence-electron chi connectivity index (χ0n) is 6.47. The van der Waals surface area contributed by atoms with Gasteiger partial charge in [0.2, 0.25) is 0 Å². The Morgan fingerprint density at radius 3 is 2.50 bits per heavy atom. The standard InChI is InChI=1S/C5H10O5S.ClH/c1-3-9-5(2)10-4-11(6,7)8;/h3,5H,1,4H2,2H3,(H,6,7,8);1H. The average molecular weight is 219 g/mol. The monoisotopic (exact) mass is 218 g/mol. The third-order valence-corrected chi connectivity index (χ3v) is 1.17. The maximum absolute atomic E-state index is 10.1. The Labute approximate surface area is 77.5 Å². The Morgan fingerprint density at radius 1 is 1.67 bits per heavy atom. The molecule has 7 heteroatoms. The lowest BCUT2D eigenvalue weighted by Gasteiger charge is -2.09. The van der Waals surface area contributed by atoms with Gasteiger partial charge in [0, 0.05) is 0 Å². The lowest BCUT2D eigenvalue weighted by atomic mass is 10.7. The first-order chi connectivity index (χ1) is 4.95. The zero-order chi connectivity index (χ0) is 8.91. The van der Waals surface area contributed by atoms with Crippen LogP contribution in [0.3, 0.4) is 0 Å². The van der Waals surface area contributed by atoms with Gasteiger partial charge in [-0.2, -0.15) is 8.42 Å². The second kappa shape index (κ2) is 6.24. The summed E-state index contributed by atoms with van der Waals surface area (Å²) in [7, 11) is -4.07. The van der Waals surface area contributed by atoms with Crippen molar-refractivity contribution in [3.8, 4) is 0 Å². The molecule has 0 spiro atoms. The lowest BCUT2D eigenvalue weighted by Crippen LogP contribution is -2.16. The predicted molar refractivity (Wildman–Crippen MR) is 45.5 cm³/mol. The van der Waals surface area contributed by atoms with Gasteiger partial charge >= 0.3 is 0 Å². The Morgan fingerprint density at radius 2 is 2.17 bits per heavy atom. The van der Waals surface area contributed by atoms with Crippen molar-refractivity contribution < 1.29 is 22.4 Å². The smallest absolute Gasteiger partial charge is 0.289 e. The van der Waals surface area contributed by atoms with E-state index in [9.17, 15) is 8.42 Å². The van der Waals surface area contributed by atoms with Crippen LogP contribution < -0.4 is 0 Å². The molecule has 0 amide bonds. The third kappa shape index (κ3) is 9.70. The van der Waals surface area contributed by atoms with E-state index in [1.807, 2.05) is 0 Å². The van der Waals surface area contributed by atoms with E-state index in [1.165, 1.54) is 6.92 Å². The minimum Gasteiger partial charge on any atom is -0.473 e. The molecule has 5 nitrogen and oxygen atoms in total. The molecule has 0 saturated heterocycles. The van der Waals surface area contributed by atoms with E-state index < -0.39 is 22.3 Å². The van der Waals surface area contributed by atoms with Crippen LogP contribution in [0.25, 0.3) is 0 Å². The summed E-state index contributed by atoms with van der Waals surface area (Å²) in [6, 6.07) is 0. The maximum atomic E-state index is 10.1. The molecule has 0 aliphatic heterocycles. The molecule has 0 aromatic rings. The number of halogens is 1. The Hall–Kier alpha value is -0.300. The van der Waals surface area contributed by atoms with Gasteiger partial charge in [-0.15, -0.1) is 12.4 Å². The van der Waals surface area contributed by atoms with Gasteiger partial charge in [0.05, 0.1) is 6.26 Å². The van der Waals surface area contributed by atoms with Crippen molar-refractivity contribution in [2.75, 3.05) is 5.94 Å². The average Bonchev–Trinajstić information content (AvgIpc) is 1.83. The first kappa shape index (κ1) is 14.2. The summed E-state index contributed by atoms with van der Waals surface area (Å²) in [4.78, 5) is 0. The molecule has 1 N–H and O–H groups in total. The van der Waals surface area contributed by atoms with Crippen LogP contribution in [-0.4, -0.2) is 25.2 Å². The van der Waals surface area contributed by atoms with Gasteiger partial charge in [0.25, 0.3) is 10.1 Å². The van der Waals surface area contributed by atoms with Gasteiger partial charge in [-0.05, 0) is 6.92 Å². The first-order valence-corrected chi connectivity index (χ1v) is 4.40. The van der Waals surface area contributed by atoms with Crippen molar-refractivity contribution in [3.05, 3.63) is 12.8 Å². The summed E-state index contributed by atoms with van der Waals surface area (Å²) in [5, 5.41) is 0. The highest BCUT2D eigenvalue weighted by molar-refractivity contribution is 7.85. The molecule has 0 aliphatic carbocycles. The normalized spacial score (nSPS) is 12.8. The van der Waals surface area contributed by atoms with Crippen molar-refractivity contribution in [1.82, 2.24) is 0 Å². The first-order valence-electron chi connectivity index (χ1n) is 2.79. The number of ether oxygens (including phenoxy) is 2. The van der Waals surface area contributed by atoms with Crippen molar-refractivity contribution in [3.63, 3.8) is 0 Å². The Kier molecular flexibility index (Phi) is 7.41. The quantitative estimate of drug-likeness (QED) is 0.419. The minimum absolute atomic E-state index is 0. The van der Waals surface area contributed by atoms with Crippen LogP contribution in [-0.2, 0) is 19.6 Å². The predicted octanol–water partition coefficient (Wildman–Crippen LogP) is 0.776. The van der Waals surface area contributed by atoms with E-state index in [1.54, 1.807) is 0 Å².